The number of ketones is 1. The SMILES string of the molecule is O=C1CCC2C(C(=O)CCl)CCC(OCc3ccccc3)C2N1. The van der Waals surface area contributed by atoms with E-state index < -0.39 is 0 Å². The largest absolute Gasteiger partial charge is 0.371 e. The van der Waals surface area contributed by atoms with Crippen LogP contribution in [0, 0.1) is 11.8 Å². The van der Waals surface area contributed by atoms with E-state index in [1.54, 1.807) is 0 Å². The second-order valence-electron chi connectivity index (χ2n) is 6.41. The summed E-state index contributed by atoms with van der Waals surface area (Å²) in [4.78, 5) is 23.9. The van der Waals surface area contributed by atoms with Crippen LogP contribution in [0.4, 0.5) is 0 Å². The number of carbonyl (C=O) groups excluding carboxylic acids is 2. The van der Waals surface area contributed by atoms with Crippen molar-refractivity contribution in [3.05, 3.63) is 35.9 Å². The number of rotatable bonds is 5. The van der Waals surface area contributed by atoms with Gasteiger partial charge in [-0.1, -0.05) is 30.3 Å². The molecule has 2 fully saturated rings. The number of amides is 1. The molecule has 1 saturated heterocycles. The predicted molar refractivity (Wildman–Crippen MR) is 88.1 cm³/mol. The number of hydrogen-bond acceptors (Lipinski definition) is 3. The van der Waals surface area contributed by atoms with Gasteiger partial charge in [0.1, 0.15) is 0 Å². The fourth-order valence-electron chi connectivity index (χ4n) is 3.86. The molecule has 1 aliphatic heterocycles. The second-order valence-corrected chi connectivity index (χ2v) is 6.68. The first-order chi connectivity index (χ1) is 11.2. The van der Waals surface area contributed by atoms with Crippen LogP contribution in [0.15, 0.2) is 30.3 Å². The van der Waals surface area contributed by atoms with Crippen molar-refractivity contribution in [3.63, 3.8) is 0 Å². The lowest BCUT2D eigenvalue weighted by Gasteiger charge is -2.45. The van der Waals surface area contributed by atoms with Crippen molar-refractivity contribution < 1.29 is 14.3 Å². The maximum atomic E-state index is 12.1. The third-order valence-corrected chi connectivity index (χ3v) is 5.29. The molecule has 1 aromatic carbocycles. The van der Waals surface area contributed by atoms with Gasteiger partial charge < -0.3 is 10.1 Å². The van der Waals surface area contributed by atoms with Gasteiger partial charge in [0.05, 0.1) is 24.6 Å². The Hall–Kier alpha value is -1.39. The Morgan fingerprint density at radius 1 is 1.22 bits per heavy atom. The molecular weight excluding hydrogens is 314 g/mol. The number of carbonyl (C=O) groups is 2. The fraction of sp³-hybridized carbons (Fsp3) is 0.556. The summed E-state index contributed by atoms with van der Waals surface area (Å²) in [7, 11) is 0. The quantitative estimate of drug-likeness (QED) is 0.842. The van der Waals surface area contributed by atoms with Crippen LogP contribution in [0.5, 0.6) is 0 Å². The third-order valence-electron chi connectivity index (χ3n) is 5.03. The molecule has 4 unspecified atom stereocenters. The molecule has 124 valence electrons. The molecule has 5 heteroatoms. The number of halogens is 1. The number of benzene rings is 1. The molecular formula is C18H22ClNO3. The van der Waals surface area contributed by atoms with Crippen molar-refractivity contribution in [1.82, 2.24) is 5.32 Å². The Bertz CT molecular complexity index is 563. The number of piperidine rings is 1. The second kappa shape index (κ2) is 7.45. The number of nitrogens with one attached hydrogen (secondary N) is 1. The van der Waals surface area contributed by atoms with E-state index in [4.69, 9.17) is 16.3 Å². The van der Waals surface area contributed by atoms with Gasteiger partial charge in [0.2, 0.25) is 5.91 Å². The van der Waals surface area contributed by atoms with Crippen LogP contribution >= 0.6 is 11.6 Å². The highest BCUT2D eigenvalue weighted by molar-refractivity contribution is 6.27. The van der Waals surface area contributed by atoms with Crippen molar-refractivity contribution in [3.8, 4) is 0 Å². The summed E-state index contributed by atoms with van der Waals surface area (Å²) >= 11 is 5.75. The van der Waals surface area contributed by atoms with Gasteiger partial charge in [-0.2, -0.15) is 0 Å². The summed E-state index contributed by atoms with van der Waals surface area (Å²) in [5.41, 5.74) is 1.12. The van der Waals surface area contributed by atoms with Crippen molar-refractivity contribution in [2.24, 2.45) is 11.8 Å². The lowest BCUT2D eigenvalue weighted by molar-refractivity contribution is -0.137. The van der Waals surface area contributed by atoms with Crippen molar-refractivity contribution in [1.29, 1.82) is 0 Å². The van der Waals surface area contributed by atoms with Crippen LogP contribution in [0.3, 0.4) is 0 Å². The summed E-state index contributed by atoms with van der Waals surface area (Å²) in [6.45, 7) is 0.527. The minimum atomic E-state index is -0.0779. The average molecular weight is 336 g/mol. The first-order valence-electron chi connectivity index (χ1n) is 8.22. The van der Waals surface area contributed by atoms with Crippen molar-refractivity contribution in [2.45, 2.75) is 44.4 Å². The molecule has 1 heterocycles. The zero-order valence-corrected chi connectivity index (χ0v) is 13.8. The molecule has 1 aliphatic carbocycles. The maximum Gasteiger partial charge on any atom is 0.220 e. The van der Waals surface area contributed by atoms with Gasteiger partial charge in [0, 0.05) is 12.3 Å². The van der Waals surface area contributed by atoms with E-state index >= 15 is 0 Å². The van der Waals surface area contributed by atoms with Crippen molar-refractivity contribution in [2.75, 3.05) is 5.88 Å². The number of ether oxygens (including phenoxy) is 1. The number of hydrogen-bond donors (Lipinski definition) is 1. The van der Waals surface area contributed by atoms with Crippen LogP contribution in [-0.2, 0) is 20.9 Å². The van der Waals surface area contributed by atoms with Gasteiger partial charge in [-0.05, 0) is 30.7 Å². The van der Waals surface area contributed by atoms with Crippen LogP contribution in [0.25, 0.3) is 0 Å². The Morgan fingerprint density at radius 2 is 2.00 bits per heavy atom. The molecule has 1 N–H and O–H groups in total. The van der Waals surface area contributed by atoms with Gasteiger partial charge in [0.25, 0.3) is 0 Å². The normalized spacial score (nSPS) is 30.4. The number of Topliss-reactive ketones (excluding diaryl/α,β-unsaturated/α-hetero) is 1. The molecule has 23 heavy (non-hydrogen) atoms. The molecule has 1 amide bonds. The van der Waals surface area contributed by atoms with E-state index in [0.717, 1.165) is 24.8 Å². The lowest BCUT2D eigenvalue weighted by atomic mass is 9.69. The summed E-state index contributed by atoms with van der Waals surface area (Å²) in [5.74, 6) is 0.304. The summed E-state index contributed by atoms with van der Waals surface area (Å²) in [6, 6.07) is 9.92. The van der Waals surface area contributed by atoms with Gasteiger partial charge in [-0.25, -0.2) is 0 Å². The Morgan fingerprint density at radius 3 is 2.74 bits per heavy atom. The lowest BCUT2D eigenvalue weighted by Crippen LogP contribution is -2.58. The minimum Gasteiger partial charge on any atom is -0.371 e. The molecule has 0 radical (unpaired) electrons. The Balaban J connectivity index is 1.69. The van der Waals surface area contributed by atoms with E-state index in [9.17, 15) is 9.59 Å². The minimum absolute atomic E-state index is 0.0381. The number of alkyl halides is 1. The van der Waals surface area contributed by atoms with E-state index in [-0.39, 0.29) is 41.6 Å². The van der Waals surface area contributed by atoms with Gasteiger partial charge >= 0.3 is 0 Å². The zero-order valence-electron chi connectivity index (χ0n) is 13.0. The molecule has 1 saturated carbocycles. The molecule has 3 rings (SSSR count). The standard InChI is InChI=1S/C18H22ClNO3/c19-10-15(21)13-6-8-16(18-14(13)7-9-17(22)20-18)23-11-12-4-2-1-3-5-12/h1-5,13-14,16,18H,6-11H2,(H,20,22). The van der Waals surface area contributed by atoms with E-state index in [0.29, 0.717) is 13.0 Å². The molecule has 2 aliphatic rings. The van der Waals surface area contributed by atoms with Crippen LogP contribution in [-0.4, -0.2) is 29.7 Å². The van der Waals surface area contributed by atoms with Crippen molar-refractivity contribution >= 4 is 23.3 Å². The highest BCUT2D eigenvalue weighted by atomic mass is 35.5. The third kappa shape index (κ3) is 3.75. The van der Waals surface area contributed by atoms with Crippen LogP contribution in [0.2, 0.25) is 0 Å². The average Bonchev–Trinajstić information content (AvgIpc) is 2.59. The van der Waals surface area contributed by atoms with E-state index in [1.165, 1.54) is 0 Å². The summed E-state index contributed by atoms with van der Waals surface area (Å²) in [6.07, 6.45) is 2.76. The molecule has 4 atom stereocenters. The summed E-state index contributed by atoms with van der Waals surface area (Å²) in [5, 5.41) is 3.05. The summed E-state index contributed by atoms with van der Waals surface area (Å²) < 4.78 is 6.09. The van der Waals surface area contributed by atoms with Gasteiger partial charge in [-0.3, -0.25) is 9.59 Å². The Kier molecular flexibility index (Phi) is 5.34. The number of fused-ring (bicyclic) bond motifs is 1. The highest BCUT2D eigenvalue weighted by Crippen LogP contribution is 2.38. The van der Waals surface area contributed by atoms with E-state index in [2.05, 4.69) is 5.32 Å². The smallest absolute Gasteiger partial charge is 0.220 e. The predicted octanol–water partition coefficient (Wildman–Crippen LogP) is 2.68. The highest BCUT2D eigenvalue weighted by Gasteiger charge is 2.45. The first-order valence-corrected chi connectivity index (χ1v) is 8.76. The molecule has 0 aromatic heterocycles. The topological polar surface area (TPSA) is 55.4 Å². The Labute approximate surface area is 141 Å². The first kappa shape index (κ1) is 16.5. The maximum absolute atomic E-state index is 12.1. The zero-order chi connectivity index (χ0) is 16.2. The molecule has 4 nitrogen and oxygen atoms in total. The fourth-order valence-corrected chi connectivity index (χ4v) is 4.06. The van der Waals surface area contributed by atoms with Crippen LogP contribution in [0.1, 0.15) is 31.2 Å². The monoisotopic (exact) mass is 335 g/mol. The molecule has 1 aromatic rings. The molecule has 0 spiro atoms. The van der Waals surface area contributed by atoms with Crippen LogP contribution < -0.4 is 5.32 Å². The van der Waals surface area contributed by atoms with E-state index in [1.807, 2.05) is 30.3 Å². The van der Waals surface area contributed by atoms with Gasteiger partial charge in [0.15, 0.2) is 5.78 Å². The van der Waals surface area contributed by atoms with Gasteiger partial charge in [-0.15, -0.1) is 11.6 Å². The molecule has 0 bridgehead atoms.